The lowest BCUT2D eigenvalue weighted by molar-refractivity contribution is -0.0329. The second-order valence-electron chi connectivity index (χ2n) is 4.57. The van der Waals surface area contributed by atoms with Gasteiger partial charge < -0.3 is 0 Å². The molecule has 0 spiro atoms. The monoisotopic (exact) mass is 276 g/mol. The molecule has 0 amide bonds. The molecule has 0 aromatic heterocycles. The van der Waals surface area contributed by atoms with Crippen molar-refractivity contribution in [3.05, 3.63) is 0 Å². The Balaban J connectivity index is 2.63. The van der Waals surface area contributed by atoms with E-state index in [1.54, 1.807) is 0 Å². The highest BCUT2D eigenvalue weighted by Gasteiger charge is 2.41. The second kappa shape index (κ2) is 6.33. The van der Waals surface area contributed by atoms with Crippen LogP contribution in [-0.4, -0.2) is 11.3 Å². The number of thioether (sulfide) groups is 1. The van der Waals surface area contributed by atoms with Gasteiger partial charge in [-0.1, -0.05) is 31.0 Å². The van der Waals surface area contributed by atoms with Crippen molar-refractivity contribution in [3.8, 4) is 12.1 Å². The zero-order valence-electron chi connectivity index (χ0n) is 9.96. The first kappa shape index (κ1) is 15.2. The van der Waals surface area contributed by atoms with Crippen LogP contribution in [0.4, 0.5) is 13.2 Å². The molecule has 2 nitrogen and oxygen atoms in total. The number of rotatable bonds is 4. The van der Waals surface area contributed by atoms with Gasteiger partial charge in [-0.2, -0.15) is 23.7 Å². The third kappa shape index (κ3) is 4.10. The lowest BCUT2D eigenvalue weighted by atomic mass is 9.69. The van der Waals surface area contributed by atoms with E-state index in [1.807, 2.05) is 12.1 Å². The van der Waals surface area contributed by atoms with Crippen LogP contribution in [0.5, 0.6) is 0 Å². The molecule has 0 aromatic rings. The van der Waals surface area contributed by atoms with Gasteiger partial charge in [-0.25, -0.2) is 0 Å². The van der Waals surface area contributed by atoms with Crippen molar-refractivity contribution in [2.75, 3.05) is 5.75 Å². The molecule has 6 heteroatoms. The molecule has 0 heterocycles. The maximum atomic E-state index is 12.1. The summed E-state index contributed by atoms with van der Waals surface area (Å²) in [5, 5.41) is 18.4. The Kier molecular flexibility index (Phi) is 5.34. The normalized spacial score (nSPS) is 18.1. The molecule has 1 fully saturated rings. The fourth-order valence-corrected chi connectivity index (χ4v) is 3.10. The lowest BCUT2D eigenvalue weighted by Gasteiger charge is -2.32. The molecule has 0 saturated heterocycles. The van der Waals surface area contributed by atoms with Crippen molar-refractivity contribution in [2.24, 2.45) is 11.3 Å². The molecular formula is C12H15F3N2S. The van der Waals surface area contributed by atoms with Gasteiger partial charge in [0.25, 0.3) is 0 Å². The summed E-state index contributed by atoms with van der Waals surface area (Å²) in [6.07, 6.45) is 4.55. The van der Waals surface area contributed by atoms with E-state index < -0.39 is 10.9 Å². The molecule has 0 atom stereocenters. The number of hydrogen-bond donors (Lipinski definition) is 0. The predicted octanol–water partition coefficient (Wildman–Crippen LogP) is 4.24. The molecule has 100 valence electrons. The molecule has 18 heavy (non-hydrogen) atoms. The highest BCUT2D eigenvalue weighted by Crippen LogP contribution is 2.42. The van der Waals surface area contributed by atoms with Crippen LogP contribution < -0.4 is 0 Å². The van der Waals surface area contributed by atoms with Crippen molar-refractivity contribution in [1.82, 2.24) is 0 Å². The first-order chi connectivity index (χ1) is 8.43. The van der Waals surface area contributed by atoms with E-state index in [4.69, 9.17) is 0 Å². The third-order valence-electron chi connectivity index (χ3n) is 3.46. The Morgan fingerprint density at radius 1 is 1.06 bits per heavy atom. The Morgan fingerprint density at radius 2 is 1.61 bits per heavy atom. The Labute approximate surface area is 109 Å². The van der Waals surface area contributed by atoms with Crippen molar-refractivity contribution in [2.45, 2.75) is 44.0 Å². The predicted molar refractivity (Wildman–Crippen MR) is 63.4 cm³/mol. The maximum Gasteiger partial charge on any atom is 0.441 e. The highest BCUT2D eigenvalue weighted by molar-refractivity contribution is 8.00. The summed E-state index contributed by atoms with van der Waals surface area (Å²) >= 11 is -0.147. The average molecular weight is 276 g/mol. The fourth-order valence-electron chi connectivity index (χ4n) is 2.45. The quantitative estimate of drug-likeness (QED) is 0.771. The van der Waals surface area contributed by atoms with Crippen LogP contribution in [0.2, 0.25) is 0 Å². The molecule has 1 aliphatic carbocycles. The number of halogens is 3. The van der Waals surface area contributed by atoms with Crippen LogP contribution >= 0.6 is 11.8 Å². The van der Waals surface area contributed by atoms with Crippen LogP contribution in [0.25, 0.3) is 0 Å². The third-order valence-corrected chi connectivity index (χ3v) is 4.20. The van der Waals surface area contributed by atoms with Gasteiger partial charge in [0, 0.05) is 5.75 Å². The van der Waals surface area contributed by atoms with Gasteiger partial charge in [0.05, 0.1) is 12.1 Å². The summed E-state index contributed by atoms with van der Waals surface area (Å²) in [7, 11) is 0. The van der Waals surface area contributed by atoms with E-state index in [-0.39, 0.29) is 29.9 Å². The molecule has 0 unspecified atom stereocenters. The van der Waals surface area contributed by atoms with Gasteiger partial charge in [0.1, 0.15) is 5.41 Å². The molecule has 0 radical (unpaired) electrons. The van der Waals surface area contributed by atoms with E-state index in [0.29, 0.717) is 0 Å². The van der Waals surface area contributed by atoms with E-state index in [2.05, 4.69) is 0 Å². The zero-order valence-corrected chi connectivity index (χ0v) is 10.8. The Morgan fingerprint density at radius 3 is 2.06 bits per heavy atom. The number of alkyl halides is 3. The molecule has 0 bridgehead atoms. The van der Waals surface area contributed by atoms with Crippen molar-refractivity contribution in [3.63, 3.8) is 0 Å². The fraction of sp³-hybridized carbons (Fsp3) is 0.833. The number of hydrogen-bond acceptors (Lipinski definition) is 3. The average Bonchev–Trinajstić information content (AvgIpc) is 2.35. The zero-order chi connectivity index (χ0) is 13.6. The van der Waals surface area contributed by atoms with Crippen molar-refractivity contribution >= 4 is 11.8 Å². The molecule has 0 aromatic carbocycles. The minimum atomic E-state index is -4.29. The number of nitriles is 2. The largest absolute Gasteiger partial charge is 0.441 e. The lowest BCUT2D eigenvalue weighted by Crippen LogP contribution is -2.30. The number of nitrogens with zero attached hydrogens (tertiary/aromatic N) is 2. The van der Waals surface area contributed by atoms with Gasteiger partial charge in [0.2, 0.25) is 0 Å². The van der Waals surface area contributed by atoms with Crippen LogP contribution in [0.15, 0.2) is 0 Å². The Bertz CT molecular complexity index is 334. The van der Waals surface area contributed by atoms with Gasteiger partial charge >= 0.3 is 5.51 Å². The van der Waals surface area contributed by atoms with Crippen molar-refractivity contribution in [1.29, 1.82) is 10.5 Å². The minimum Gasteiger partial charge on any atom is -0.197 e. The van der Waals surface area contributed by atoms with Crippen LogP contribution in [0, 0.1) is 34.0 Å². The maximum absolute atomic E-state index is 12.1. The smallest absolute Gasteiger partial charge is 0.197 e. The first-order valence-corrected chi connectivity index (χ1v) is 6.95. The molecule has 1 saturated carbocycles. The molecule has 0 aliphatic heterocycles. The van der Waals surface area contributed by atoms with Gasteiger partial charge in [0.15, 0.2) is 0 Å². The van der Waals surface area contributed by atoms with Gasteiger partial charge in [-0.15, -0.1) is 0 Å². The van der Waals surface area contributed by atoms with Crippen LogP contribution in [-0.2, 0) is 0 Å². The summed E-state index contributed by atoms with van der Waals surface area (Å²) in [4.78, 5) is 0. The second-order valence-corrected chi connectivity index (χ2v) is 5.73. The topological polar surface area (TPSA) is 47.6 Å². The van der Waals surface area contributed by atoms with E-state index in [9.17, 15) is 23.7 Å². The summed E-state index contributed by atoms with van der Waals surface area (Å²) in [5.74, 6) is -0.295. The molecule has 0 N–H and O–H groups in total. The minimum absolute atomic E-state index is 0.00512. The molecule has 1 rings (SSSR count). The molecule has 1 aliphatic rings. The molecular weight excluding hydrogens is 261 g/mol. The first-order valence-electron chi connectivity index (χ1n) is 5.97. The summed E-state index contributed by atoms with van der Waals surface area (Å²) in [6.45, 7) is 0. The van der Waals surface area contributed by atoms with E-state index >= 15 is 0 Å². The van der Waals surface area contributed by atoms with E-state index in [1.165, 1.54) is 0 Å². The SMILES string of the molecule is N#CC(C#N)(CCSC(F)(F)F)C1CCCCC1. The Hall–Kier alpha value is -0.880. The highest BCUT2D eigenvalue weighted by atomic mass is 32.2. The van der Waals surface area contributed by atoms with Gasteiger partial charge in [-0.05, 0) is 25.2 Å². The van der Waals surface area contributed by atoms with Crippen LogP contribution in [0.3, 0.4) is 0 Å². The standard InChI is InChI=1S/C12H15F3N2S/c13-12(14,15)18-7-6-11(8-16,9-17)10-4-2-1-3-5-10/h10H,1-7H2. The summed E-state index contributed by atoms with van der Waals surface area (Å²) < 4.78 is 36.2. The summed E-state index contributed by atoms with van der Waals surface area (Å²) in [6, 6.07) is 3.96. The van der Waals surface area contributed by atoms with Crippen molar-refractivity contribution < 1.29 is 13.2 Å². The van der Waals surface area contributed by atoms with Crippen LogP contribution in [0.1, 0.15) is 38.5 Å². The van der Waals surface area contributed by atoms with E-state index in [0.717, 1.165) is 32.1 Å². The summed E-state index contributed by atoms with van der Waals surface area (Å²) in [5.41, 5.74) is -5.53. The van der Waals surface area contributed by atoms with Gasteiger partial charge in [-0.3, -0.25) is 0 Å².